The maximum atomic E-state index is 13.0. The van der Waals surface area contributed by atoms with Crippen LogP contribution >= 0.6 is 0 Å². The van der Waals surface area contributed by atoms with Gasteiger partial charge in [-0.1, -0.05) is 19.1 Å². The number of fused-ring (bicyclic) bond motifs is 1. The summed E-state index contributed by atoms with van der Waals surface area (Å²) in [4.78, 5) is 23.8. The number of quaternary nitrogens is 1. The molecule has 1 saturated heterocycles. The van der Waals surface area contributed by atoms with Crippen molar-refractivity contribution in [2.75, 3.05) is 32.6 Å². The Balaban J connectivity index is 1.52. The van der Waals surface area contributed by atoms with E-state index < -0.39 is 0 Å². The zero-order chi connectivity index (χ0) is 20.4. The number of aromatic amines is 1. The first-order valence-electron chi connectivity index (χ1n) is 10.0. The van der Waals surface area contributed by atoms with Crippen LogP contribution in [-0.4, -0.2) is 54.2 Å². The van der Waals surface area contributed by atoms with Crippen LogP contribution in [0.25, 0.3) is 11.0 Å². The third-order valence-electron chi connectivity index (χ3n) is 6.04. The lowest BCUT2D eigenvalue weighted by molar-refractivity contribution is -0.843. The fraction of sp³-hybridized carbons (Fsp3) is 0.364. The van der Waals surface area contributed by atoms with Gasteiger partial charge < -0.3 is 24.8 Å². The molecule has 0 spiro atoms. The maximum Gasteiger partial charge on any atom is 0.322 e. The van der Waals surface area contributed by atoms with Gasteiger partial charge in [0.1, 0.15) is 23.1 Å². The number of hydrogen-bond acceptors (Lipinski definition) is 3. The van der Waals surface area contributed by atoms with Crippen LogP contribution in [-0.2, 0) is 0 Å². The van der Waals surface area contributed by atoms with Crippen molar-refractivity contribution in [2.24, 2.45) is 5.92 Å². The number of nitrogens with zero attached hydrogens (tertiary/aromatic N) is 2. The molecule has 0 bridgehead atoms. The van der Waals surface area contributed by atoms with Gasteiger partial charge in [-0.2, -0.15) is 0 Å². The second kappa shape index (κ2) is 8.13. The van der Waals surface area contributed by atoms with Gasteiger partial charge in [-0.05, 0) is 24.6 Å². The second-order valence-corrected chi connectivity index (χ2v) is 7.73. The van der Waals surface area contributed by atoms with E-state index >= 15 is 0 Å². The van der Waals surface area contributed by atoms with Gasteiger partial charge in [0.15, 0.2) is 0 Å². The minimum atomic E-state index is -0.0827. The molecule has 3 heterocycles. The van der Waals surface area contributed by atoms with Crippen molar-refractivity contribution >= 4 is 28.4 Å². The number of hydrogen-bond donors (Lipinski definition) is 3. The SMILES string of the molecule is COc1ccccc1NC(=O)N1CCC(C)C([NH+](C)c2ccnc3[nH]ccc23)C1. The average Bonchev–Trinajstić information content (AvgIpc) is 3.23. The number of aromatic nitrogens is 2. The van der Waals surface area contributed by atoms with Crippen LogP contribution in [0, 0.1) is 5.92 Å². The highest BCUT2D eigenvalue weighted by Gasteiger charge is 2.36. The fourth-order valence-corrected chi connectivity index (χ4v) is 4.26. The van der Waals surface area contributed by atoms with Crippen molar-refractivity contribution in [3.05, 3.63) is 48.8 Å². The van der Waals surface area contributed by atoms with Crippen LogP contribution in [0.3, 0.4) is 0 Å². The number of likely N-dealkylation sites (tertiary alicyclic amines) is 1. The third-order valence-corrected chi connectivity index (χ3v) is 6.04. The smallest absolute Gasteiger partial charge is 0.322 e. The molecule has 29 heavy (non-hydrogen) atoms. The summed E-state index contributed by atoms with van der Waals surface area (Å²) in [5.41, 5.74) is 2.80. The highest BCUT2D eigenvalue weighted by Crippen LogP contribution is 2.25. The average molecular weight is 394 g/mol. The maximum absolute atomic E-state index is 13.0. The molecule has 1 aliphatic heterocycles. The number of H-pyrrole nitrogens is 1. The number of anilines is 1. The Kier molecular flexibility index (Phi) is 5.40. The summed E-state index contributed by atoms with van der Waals surface area (Å²) in [5, 5.41) is 4.14. The van der Waals surface area contributed by atoms with Gasteiger partial charge in [-0.15, -0.1) is 0 Å². The van der Waals surface area contributed by atoms with Gasteiger partial charge in [0, 0.05) is 30.9 Å². The molecule has 0 saturated carbocycles. The van der Waals surface area contributed by atoms with Crippen molar-refractivity contribution in [1.29, 1.82) is 0 Å². The molecule has 152 valence electrons. The number of pyridine rings is 1. The zero-order valence-electron chi connectivity index (χ0n) is 17.1. The Morgan fingerprint density at radius 3 is 2.97 bits per heavy atom. The van der Waals surface area contributed by atoms with Crippen molar-refractivity contribution in [3.63, 3.8) is 0 Å². The van der Waals surface area contributed by atoms with E-state index in [0.717, 1.165) is 24.0 Å². The number of piperidine rings is 1. The van der Waals surface area contributed by atoms with E-state index in [4.69, 9.17) is 4.74 Å². The molecule has 7 nitrogen and oxygen atoms in total. The molecule has 1 aliphatic rings. The summed E-state index contributed by atoms with van der Waals surface area (Å²) in [5.74, 6) is 1.17. The van der Waals surface area contributed by atoms with Crippen molar-refractivity contribution in [2.45, 2.75) is 19.4 Å². The summed E-state index contributed by atoms with van der Waals surface area (Å²) >= 11 is 0. The van der Waals surface area contributed by atoms with Crippen LogP contribution in [0.2, 0.25) is 0 Å². The van der Waals surface area contributed by atoms with E-state index in [-0.39, 0.29) is 6.03 Å². The molecular formula is C22H28N5O2+. The van der Waals surface area contributed by atoms with E-state index in [1.807, 2.05) is 41.6 Å². The predicted octanol–water partition coefficient (Wildman–Crippen LogP) is 2.66. The molecule has 2 aromatic heterocycles. The molecule has 1 fully saturated rings. The number of carbonyl (C=O) groups is 1. The van der Waals surface area contributed by atoms with Crippen molar-refractivity contribution in [1.82, 2.24) is 14.9 Å². The number of ether oxygens (including phenoxy) is 1. The van der Waals surface area contributed by atoms with Crippen molar-refractivity contribution in [3.8, 4) is 5.75 Å². The highest BCUT2D eigenvalue weighted by molar-refractivity contribution is 5.91. The van der Waals surface area contributed by atoms with Gasteiger partial charge in [0.2, 0.25) is 0 Å². The molecule has 3 aromatic rings. The van der Waals surface area contributed by atoms with E-state index in [9.17, 15) is 4.79 Å². The van der Waals surface area contributed by atoms with Gasteiger partial charge in [0.05, 0.1) is 31.8 Å². The highest BCUT2D eigenvalue weighted by atomic mass is 16.5. The molecule has 0 aliphatic carbocycles. The van der Waals surface area contributed by atoms with Crippen molar-refractivity contribution < 1.29 is 14.4 Å². The normalized spacial score (nSPS) is 20.4. The lowest BCUT2D eigenvalue weighted by atomic mass is 9.92. The summed E-state index contributed by atoms with van der Waals surface area (Å²) in [6.07, 6.45) is 4.74. The zero-order valence-corrected chi connectivity index (χ0v) is 17.1. The lowest BCUT2D eigenvalue weighted by Gasteiger charge is -2.39. The van der Waals surface area contributed by atoms with E-state index in [0.29, 0.717) is 29.9 Å². The summed E-state index contributed by atoms with van der Waals surface area (Å²) in [7, 11) is 3.79. The number of nitrogens with one attached hydrogen (secondary N) is 3. The van der Waals surface area contributed by atoms with Gasteiger partial charge in [0.25, 0.3) is 0 Å². The van der Waals surface area contributed by atoms with Crippen LogP contribution in [0.15, 0.2) is 48.8 Å². The quantitative estimate of drug-likeness (QED) is 0.637. The van der Waals surface area contributed by atoms with Crippen LogP contribution in [0.4, 0.5) is 16.2 Å². The number of amides is 2. The minimum absolute atomic E-state index is 0.0827. The second-order valence-electron chi connectivity index (χ2n) is 7.73. The fourth-order valence-electron chi connectivity index (χ4n) is 4.26. The number of urea groups is 1. The van der Waals surface area contributed by atoms with Gasteiger partial charge in [-0.3, -0.25) is 0 Å². The first-order chi connectivity index (χ1) is 14.1. The number of rotatable bonds is 4. The molecule has 7 heteroatoms. The van der Waals surface area contributed by atoms with Crippen LogP contribution in [0.5, 0.6) is 5.75 Å². The molecule has 1 aromatic carbocycles. The van der Waals surface area contributed by atoms with Crippen LogP contribution < -0.4 is 15.0 Å². The Hall–Kier alpha value is -3.06. The summed E-state index contributed by atoms with van der Waals surface area (Å²) < 4.78 is 5.35. The Labute approximate surface area is 170 Å². The molecular weight excluding hydrogens is 366 g/mol. The summed E-state index contributed by atoms with van der Waals surface area (Å²) in [6, 6.07) is 11.9. The Morgan fingerprint density at radius 2 is 2.14 bits per heavy atom. The molecule has 3 atom stereocenters. The monoisotopic (exact) mass is 394 g/mol. The first-order valence-corrected chi connectivity index (χ1v) is 10.0. The van der Waals surface area contributed by atoms with Crippen LogP contribution in [0.1, 0.15) is 13.3 Å². The van der Waals surface area contributed by atoms with Gasteiger partial charge >= 0.3 is 6.03 Å². The van der Waals surface area contributed by atoms with Gasteiger partial charge in [-0.25, -0.2) is 9.78 Å². The topological polar surface area (TPSA) is 74.7 Å². The molecule has 3 unspecified atom stereocenters. The number of likely N-dealkylation sites (N-methyl/N-ethyl adjacent to an activating group) is 1. The largest absolute Gasteiger partial charge is 0.495 e. The minimum Gasteiger partial charge on any atom is -0.495 e. The standard InChI is InChI=1S/C22H27N5O2/c1-15-10-13-27(22(28)25-17-6-4-5-7-20(17)29-3)14-19(15)26(2)18-9-12-24-21-16(18)8-11-23-21/h4-9,11-12,15,19H,10,13-14H2,1-3H3,(H,23,24)(H,25,28)/p+1. The Bertz CT molecular complexity index is 1000. The predicted molar refractivity (Wildman–Crippen MR) is 114 cm³/mol. The lowest BCUT2D eigenvalue weighted by Crippen LogP contribution is -3.10. The molecule has 2 amide bonds. The van der Waals surface area contributed by atoms with E-state index in [1.165, 1.54) is 10.6 Å². The molecule has 3 N–H and O–H groups in total. The molecule has 4 rings (SSSR count). The number of methoxy groups -OCH3 is 1. The third kappa shape index (κ3) is 3.78. The van der Waals surface area contributed by atoms with E-state index in [1.54, 1.807) is 7.11 Å². The van der Waals surface area contributed by atoms with E-state index in [2.05, 4.69) is 41.4 Å². The molecule has 0 radical (unpaired) electrons. The summed E-state index contributed by atoms with van der Waals surface area (Å²) in [6.45, 7) is 3.73. The number of para-hydroxylation sites is 2. The number of carbonyl (C=O) groups excluding carboxylic acids is 1. The first kappa shape index (κ1) is 19.3. The Morgan fingerprint density at radius 1 is 1.31 bits per heavy atom. The number of benzene rings is 1.